The van der Waals surface area contributed by atoms with Gasteiger partial charge in [0.2, 0.25) is 0 Å². The van der Waals surface area contributed by atoms with Crippen molar-refractivity contribution in [2.45, 2.75) is 12.6 Å². The van der Waals surface area contributed by atoms with Gasteiger partial charge in [-0.25, -0.2) is 9.48 Å². The Hall–Kier alpha value is -1.30. The van der Waals surface area contributed by atoms with E-state index in [1.165, 1.54) is 5.56 Å². The van der Waals surface area contributed by atoms with Crippen molar-refractivity contribution in [3.8, 4) is 0 Å². The van der Waals surface area contributed by atoms with Gasteiger partial charge in [-0.15, -0.1) is 0 Å². The first-order valence-electron chi connectivity index (χ1n) is 7.68. The molecule has 0 fully saturated rings. The van der Waals surface area contributed by atoms with E-state index in [9.17, 15) is 5.11 Å². The number of nitrogens with zero attached hydrogens (tertiary/aromatic N) is 2. The lowest BCUT2D eigenvalue weighted by Crippen LogP contribution is -2.41. The van der Waals surface area contributed by atoms with Crippen molar-refractivity contribution in [3.63, 3.8) is 0 Å². The Balaban J connectivity index is 1.76. The summed E-state index contributed by atoms with van der Waals surface area (Å²) in [5.74, 6) is 1.01. The van der Waals surface area contributed by atoms with Gasteiger partial charge >= 0.3 is 5.17 Å². The van der Waals surface area contributed by atoms with Gasteiger partial charge < -0.3 is 5.11 Å². The minimum atomic E-state index is -0.959. The zero-order valence-electron chi connectivity index (χ0n) is 12.9. The summed E-state index contributed by atoms with van der Waals surface area (Å²) in [7, 11) is 0. The van der Waals surface area contributed by atoms with E-state index in [2.05, 4.69) is 56.6 Å². The van der Waals surface area contributed by atoms with Gasteiger partial charge in [-0.1, -0.05) is 45.8 Å². The molecule has 118 valence electrons. The lowest BCUT2D eigenvalue weighted by atomic mass is 10.0. The number of hydrogen-bond donors (Lipinski definition) is 1. The minimum Gasteiger partial charge on any atom is -0.346 e. The van der Waals surface area contributed by atoms with Crippen LogP contribution in [0.25, 0.3) is 0 Å². The highest BCUT2D eigenvalue weighted by atomic mass is 79.9. The molecule has 2 aromatic carbocycles. The van der Waals surface area contributed by atoms with Gasteiger partial charge in [0, 0.05) is 15.8 Å². The van der Waals surface area contributed by atoms with Crippen LogP contribution in [0.15, 0.2) is 53.0 Å². The first-order chi connectivity index (χ1) is 11.1. The van der Waals surface area contributed by atoms with Crippen LogP contribution in [-0.4, -0.2) is 33.7 Å². The molecule has 1 N–H and O–H groups in total. The van der Waals surface area contributed by atoms with Crippen LogP contribution in [0.2, 0.25) is 0 Å². The standard InChI is InChI=1S/C18H18BrN2OS/c1-13-2-4-14(5-3-13)18(22)12-20(17-21(18)10-11-23-17)16-8-6-15(19)7-9-16/h2-9,22H,10-12H2,1H3/q+1. The zero-order valence-corrected chi connectivity index (χ0v) is 15.3. The number of hydrogen-bond acceptors (Lipinski definition) is 3. The van der Waals surface area contributed by atoms with Crippen LogP contribution in [-0.2, 0) is 5.72 Å². The molecule has 0 aromatic heterocycles. The average molecular weight is 390 g/mol. The summed E-state index contributed by atoms with van der Waals surface area (Å²) < 4.78 is 3.21. The number of aryl methyl sites for hydroxylation is 1. The fourth-order valence-corrected chi connectivity index (χ4v) is 4.68. The van der Waals surface area contributed by atoms with Gasteiger partial charge in [0.25, 0.3) is 5.72 Å². The van der Waals surface area contributed by atoms with E-state index in [1.807, 2.05) is 36.0 Å². The molecule has 5 heteroatoms. The third kappa shape index (κ3) is 2.51. The highest BCUT2D eigenvalue weighted by Gasteiger charge is 2.54. The van der Waals surface area contributed by atoms with Gasteiger partial charge in [-0.2, -0.15) is 0 Å². The Kier molecular flexibility index (Phi) is 3.75. The second kappa shape index (κ2) is 5.65. The maximum atomic E-state index is 11.5. The Labute approximate surface area is 148 Å². The Bertz CT molecular complexity index is 773. The van der Waals surface area contributed by atoms with Crippen LogP contribution in [0.3, 0.4) is 0 Å². The normalized spacial score (nSPS) is 23.5. The Morgan fingerprint density at radius 1 is 1.13 bits per heavy atom. The van der Waals surface area contributed by atoms with Crippen molar-refractivity contribution < 1.29 is 9.68 Å². The van der Waals surface area contributed by atoms with Crippen molar-refractivity contribution in [1.29, 1.82) is 0 Å². The highest BCUT2D eigenvalue weighted by molar-refractivity contribution is 9.10. The summed E-state index contributed by atoms with van der Waals surface area (Å²) in [4.78, 5) is 2.23. The number of benzene rings is 2. The van der Waals surface area contributed by atoms with E-state index < -0.39 is 5.72 Å². The number of halogens is 1. The maximum Gasteiger partial charge on any atom is 0.316 e. The minimum absolute atomic E-state index is 0.556. The molecule has 2 heterocycles. The SMILES string of the molecule is Cc1ccc(C2(O)CN(c3ccc(Br)cc3)C3=[N+]2CCS3)cc1. The molecule has 0 saturated heterocycles. The van der Waals surface area contributed by atoms with Gasteiger partial charge in [0.15, 0.2) is 6.54 Å². The maximum absolute atomic E-state index is 11.5. The fourth-order valence-electron chi connectivity index (χ4n) is 3.23. The summed E-state index contributed by atoms with van der Waals surface area (Å²) in [5.41, 5.74) is 2.33. The number of amidine groups is 1. The molecule has 0 aliphatic carbocycles. The average Bonchev–Trinajstić information content (AvgIpc) is 3.13. The molecule has 2 aliphatic rings. The summed E-state index contributed by atoms with van der Waals surface area (Å²) in [6, 6.07) is 16.5. The van der Waals surface area contributed by atoms with Gasteiger partial charge in [0.1, 0.15) is 5.69 Å². The lowest BCUT2D eigenvalue weighted by molar-refractivity contribution is -0.650. The molecule has 0 spiro atoms. The van der Waals surface area contributed by atoms with Crippen LogP contribution < -0.4 is 4.90 Å². The van der Waals surface area contributed by atoms with E-state index >= 15 is 0 Å². The van der Waals surface area contributed by atoms with Gasteiger partial charge in [-0.05, 0) is 43.0 Å². The molecule has 4 rings (SSSR count). The molecule has 1 unspecified atom stereocenters. The number of thioether (sulfide) groups is 1. The molecule has 0 radical (unpaired) electrons. The molecule has 23 heavy (non-hydrogen) atoms. The van der Waals surface area contributed by atoms with Gasteiger partial charge in [-0.3, -0.25) is 0 Å². The quantitative estimate of drug-likeness (QED) is 0.795. The summed E-state index contributed by atoms with van der Waals surface area (Å²) >= 11 is 5.30. The zero-order chi connectivity index (χ0) is 16.0. The van der Waals surface area contributed by atoms with Crippen molar-refractivity contribution >= 4 is 38.5 Å². The molecule has 2 aliphatic heterocycles. The van der Waals surface area contributed by atoms with E-state index in [-0.39, 0.29) is 0 Å². The summed E-state index contributed by atoms with van der Waals surface area (Å²) in [6.07, 6.45) is 0. The Morgan fingerprint density at radius 2 is 1.83 bits per heavy atom. The monoisotopic (exact) mass is 389 g/mol. The molecular formula is C18H18BrN2OS+. The number of anilines is 1. The van der Waals surface area contributed by atoms with Crippen LogP contribution >= 0.6 is 27.7 Å². The molecule has 2 aromatic rings. The molecule has 0 saturated carbocycles. The predicted molar refractivity (Wildman–Crippen MR) is 99.2 cm³/mol. The van der Waals surface area contributed by atoms with E-state index in [4.69, 9.17) is 0 Å². The molecule has 0 amide bonds. The lowest BCUT2D eigenvalue weighted by Gasteiger charge is -2.23. The van der Waals surface area contributed by atoms with E-state index in [0.29, 0.717) is 6.54 Å². The van der Waals surface area contributed by atoms with Crippen LogP contribution in [0.5, 0.6) is 0 Å². The van der Waals surface area contributed by atoms with E-state index in [1.54, 1.807) is 0 Å². The number of rotatable bonds is 2. The molecule has 0 bridgehead atoms. The molecule has 3 nitrogen and oxygen atoms in total. The smallest absolute Gasteiger partial charge is 0.316 e. The molecular weight excluding hydrogens is 372 g/mol. The Morgan fingerprint density at radius 3 is 2.52 bits per heavy atom. The second-order valence-electron chi connectivity index (χ2n) is 6.03. The first-order valence-corrected chi connectivity index (χ1v) is 9.46. The number of aliphatic hydroxyl groups is 1. The predicted octanol–water partition coefficient (Wildman–Crippen LogP) is 3.54. The third-order valence-corrected chi connectivity index (χ3v) is 6.10. The van der Waals surface area contributed by atoms with Crippen LogP contribution in [0, 0.1) is 6.92 Å². The van der Waals surface area contributed by atoms with Crippen LogP contribution in [0.1, 0.15) is 11.1 Å². The third-order valence-electron chi connectivity index (χ3n) is 4.49. The summed E-state index contributed by atoms with van der Waals surface area (Å²) in [6.45, 7) is 3.50. The topological polar surface area (TPSA) is 26.5 Å². The van der Waals surface area contributed by atoms with Crippen molar-refractivity contribution in [2.24, 2.45) is 0 Å². The van der Waals surface area contributed by atoms with Crippen molar-refractivity contribution in [2.75, 3.05) is 23.7 Å². The fraction of sp³-hybridized carbons (Fsp3) is 0.278. The van der Waals surface area contributed by atoms with Crippen LogP contribution in [0.4, 0.5) is 5.69 Å². The van der Waals surface area contributed by atoms with Crippen molar-refractivity contribution in [3.05, 3.63) is 64.1 Å². The second-order valence-corrected chi connectivity index (χ2v) is 8.01. The van der Waals surface area contributed by atoms with Crippen molar-refractivity contribution in [1.82, 2.24) is 0 Å². The summed E-state index contributed by atoms with van der Waals surface area (Å²) in [5, 5.41) is 12.6. The van der Waals surface area contributed by atoms with E-state index in [0.717, 1.165) is 33.2 Å². The molecule has 1 atom stereocenters. The first kappa shape index (κ1) is 15.2. The van der Waals surface area contributed by atoms with Gasteiger partial charge in [0.05, 0.1) is 6.54 Å². The number of β-amino-alcohol motifs (C(OH)–C–C–N with tert-alkyl or cyclic N) is 1. The highest BCUT2D eigenvalue weighted by Crippen LogP contribution is 2.38. The largest absolute Gasteiger partial charge is 0.346 e.